The fraction of sp³-hybridized carbons (Fsp3) is 0.143. The summed E-state index contributed by atoms with van der Waals surface area (Å²) in [4.78, 5) is 52.0. The van der Waals surface area contributed by atoms with E-state index in [0.29, 0.717) is 5.56 Å². The molecule has 4 aromatic rings. The number of rotatable bonds is 5. The van der Waals surface area contributed by atoms with Gasteiger partial charge in [-0.2, -0.15) is 0 Å². The molecule has 0 N–H and O–H groups in total. The summed E-state index contributed by atoms with van der Waals surface area (Å²) in [5, 5.41) is 11.6. The number of aryl methyl sites for hydroxylation is 1. The maximum atomic E-state index is 12.6. The Morgan fingerprint density at radius 2 is 1.81 bits per heavy atom. The van der Waals surface area contributed by atoms with Crippen molar-refractivity contribution in [1.29, 1.82) is 0 Å². The Morgan fingerprint density at radius 1 is 1.09 bits per heavy atom. The number of hydrogen-bond acceptors (Lipinski definition) is 7. The zero-order valence-corrected chi connectivity index (χ0v) is 17.1. The van der Waals surface area contributed by atoms with Crippen molar-refractivity contribution in [2.24, 2.45) is 14.1 Å². The Labute approximate surface area is 179 Å². The van der Waals surface area contributed by atoms with Gasteiger partial charge in [0.15, 0.2) is 11.2 Å². The molecule has 0 amide bonds. The van der Waals surface area contributed by atoms with Gasteiger partial charge in [0.2, 0.25) is 5.75 Å². The van der Waals surface area contributed by atoms with Gasteiger partial charge in [-0.3, -0.25) is 24.0 Å². The van der Waals surface area contributed by atoms with Crippen molar-refractivity contribution in [2.75, 3.05) is 0 Å². The minimum atomic E-state index is -0.716. The summed E-state index contributed by atoms with van der Waals surface area (Å²) in [5.41, 5.74) is -0.283. The molecule has 162 valence electrons. The Morgan fingerprint density at radius 3 is 2.50 bits per heavy atom. The van der Waals surface area contributed by atoms with Crippen LogP contribution in [0.1, 0.15) is 15.9 Å². The topological polar surface area (TPSA) is 131 Å². The third kappa shape index (κ3) is 3.55. The van der Waals surface area contributed by atoms with Gasteiger partial charge in [-0.05, 0) is 23.8 Å². The van der Waals surface area contributed by atoms with Crippen molar-refractivity contribution < 1.29 is 14.5 Å². The van der Waals surface area contributed by atoms with Crippen LogP contribution in [-0.2, 0) is 20.6 Å². The molecule has 32 heavy (non-hydrogen) atoms. The molecule has 0 fully saturated rings. The van der Waals surface area contributed by atoms with Gasteiger partial charge in [0.25, 0.3) is 5.56 Å². The molecule has 0 unspecified atom stereocenters. The average molecular weight is 435 g/mol. The lowest BCUT2D eigenvalue weighted by molar-refractivity contribution is -0.385. The SMILES string of the molecule is Cn1c(=O)c2c(ncn2Cc2ccc(OC(=O)c3ccccc3)c([N+](=O)[O-])c2)n(C)c1=O. The van der Waals surface area contributed by atoms with Gasteiger partial charge in [0.05, 0.1) is 16.8 Å². The molecule has 0 aliphatic carbocycles. The first kappa shape index (κ1) is 20.7. The summed E-state index contributed by atoms with van der Waals surface area (Å²) in [5.74, 6) is -0.909. The Hall–Kier alpha value is -4.54. The molecule has 0 saturated heterocycles. The van der Waals surface area contributed by atoms with Crippen LogP contribution in [0, 0.1) is 10.1 Å². The van der Waals surface area contributed by atoms with E-state index < -0.39 is 27.8 Å². The van der Waals surface area contributed by atoms with Crippen molar-refractivity contribution in [3.8, 4) is 5.75 Å². The standard InChI is InChI=1S/C21H17N5O6/c1-23-18-17(19(27)24(2)21(23)29)25(12-22-18)11-13-8-9-16(15(10-13)26(30)31)32-20(28)14-6-4-3-5-7-14/h3-10,12H,11H2,1-2H3. The average Bonchev–Trinajstić information content (AvgIpc) is 3.21. The molecule has 2 aromatic carbocycles. The number of nitro benzene ring substituents is 1. The second kappa shape index (κ2) is 7.95. The van der Waals surface area contributed by atoms with Gasteiger partial charge in [0, 0.05) is 26.7 Å². The van der Waals surface area contributed by atoms with E-state index in [2.05, 4.69) is 4.98 Å². The highest BCUT2D eigenvalue weighted by Crippen LogP contribution is 2.29. The molecule has 4 rings (SSSR count). The molecule has 0 radical (unpaired) electrons. The first-order valence-electron chi connectivity index (χ1n) is 9.43. The zero-order chi connectivity index (χ0) is 23.0. The van der Waals surface area contributed by atoms with Crippen LogP contribution >= 0.6 is 0 Å². The quantitative estimate of drug-likeness (QED) is 0.201. The van der Waals surface area contributed by atoms with E-state index >= 15 is 0 Å². The summed E-state index contributed by atoms with van der Waals surface area (Å²) >= 11 is 0. The summed E-state index contributed by atoms with van der Waals surface area (Å²) < 4.78 is 8.95. The number of fused-ring (bicyclic) bond motifs is 1. The minimum Gasteiger partial charge on any atom is -0.416 e. The normalized spacial score (nSPS) is 10.9. The molecular formula is C21H17N5O6. The number of benzene rings is 2. The van der Waals surface area contributed by atoms with Crippen molar-refractivity contribution in [3.05, 3.63) is 96.9 Å². The maximum Gasteiger partial charge on any atom is 0.343 e. The van der Waals surface area contributed by atoms with E-state index in [1.54, 1.807) is 36.4 Å². The van der Waals surface area contributed by atoms with E-state index in [1.165, 1.54) is 41.7 Å². The van der Waals surface area contributed by atoms with E-state index in [9.17, 15) is 24.5 Å². The van der Waals surface area contributed by atoms with E-state index in [1.807, 2.05) is 0 Å². The molecule has 0 aliphatic rings. The van der Waals surface area contributed by atoms with Crippen LogP contribution in [0.2, 0.25) is 0 Å². The van der Waals surface area contributed by atoms with Gasteiger partial charge in [-0.25, -0.2) is 14.6 Å². The number of hydrogen-bond donors (Lipinski definition) is 0. The fourth-order valence-corrected chi connectivity index (χ4v) is 3.34. The van der Waals surface area contributed by atoms with E-state index in [-0.39, 0.29) is 29.0 Å². The monoisotopic (exact) mass is 435 g/mol. The predicted molar refractivity (Wildman–Crippen MR) is 114 cm³/mol. The predicted octanol–water partition coefficient (Wildman–Crippen LogP) is 1.61. The Balaban J connectivity index is 1.70. The highest BCUT2D eigenvalue weighted by atomic mass is 16.6. The first-order chi connectivity index (χ1) is 15.3. The van der Waals surface area contributed by atoms with Gasteiger partial charge in [0.1, 0.15) is 0 Å². The number of aromatic nitrogens is 4. The molecular weight excluding hydrogens is 418 g/mol. The van der Waals surface area contributed by atoms with Crippen LogP contribution in [0.15, 0.2) is 64.4 Å². The minimum absolute atomic E-state index is 0.0810. The Bertz CT molecular complexity index is 1480. The van der Waals surface area contributed by atoms with Gasteiger partial charge >= 0.3 is 17.3 Å². The highest BCUT2D eigenvalue weighted by Gasteiger charge is 2.21. The summed E-state index contributed by atoms with van der Waals surface area (Å²) in [7, 11) is 2.87. The van der Waals surface area contributed by atoms with Crippen molar-refractivity contribution in [1.82, 2.24) is 18.7 Å². The van der Waals surface area contributed by atoms with Crippen LogP contribution in [0.5, 0.6) is 5.75 Å². The second-order valence-corrected chi connectivity index (χ2v) is 7.07. The van der Waals surface area contributed by atoms with Gasteiger partial charge < -0.3 is 9.30 Å². The summed E-state index contributed by atoms with van der Waals surface area (Å²) in [6, 6.07) is 12.3. The number of carbonyl (C=O) groups is 1. The van der Waals surface area contributed by atoms with Crippen molar-refractivity contribution in [3.63, 3.8) is 0 Å². The third-order valence-corrected chi connectivity index (χ3v) is 5.00. The van der Waals surface area contributed by atoms with Gasteiger partial charge in [-0.1, -0.05) is 24.3 Å². The van der Waals surface area contributed by atoms with Gasteiger partial charge in [-0.15, -0.1) is 0 Å². The lowest BCUT2D eigenvalue weighted by Crippen LogP contribution is -2.37. The first-order valence-corrected chi connectivity index (χ1v) is 9.43. The smallest absolute Gasteiger partial charge is 0.343 e. The maximum absolute atomic E-state index is 12.6. The molecule has 0 spiro atoms. The largest absolute Gasteiger partial charge is 0.416 e. The Kier molecular flexibility index (Phi) is 5.15. The molecule has 0 atom stereocenters. The molecule has 0 saturated carbocycles. The van der Waals surface area contributed by atoms with Crippen molar-refractivity contribution >= 4 is 22.8 Å². The van der Waals surface area contributed by atoms with Crippen LogP contribution < -0.4 is 16.0 Å². The van der Waals surface area contributed by atoms with Crippen molar-refractivity contribution in [2.45, 2.75) is 6.54 Å². The number of imidazole rings is 1. The second-order valence-electron chi connectivity index (χ2n) is 7.07. The van der Waals surface area contributed by atoms with Crippen LogP contribution in [0.3, 0.4) is 0 Å². The lowest BCUT2D eigenvalue weighted by Gasteiger charge is -2.09. The molecule has 2 heterocycles. The number of esters is 1. The lowest BCUT2D eigenvalue weighted by atomic mass is 10.1. The number of ether oxygens (including phenoxy) is 1. The number of nitrogens with zero attached hydrogens (tertiary/aromatic N) is 5. The van der Waals surface area contributed by atoms with E-state index in [4.69, 9.17) is 4.74 Å². The third-order valence-electron chi connectivity index (χ3n) is 5.00. The number of nitro groups is 1. The molecule has 0 bridgehead atoms. The highest BCUT2D eigenvalue weighted by molar-refractivity contribution is 5.91. The molecule has 11 heteroatoms. The fourth-order valence-electron chi connectivity index (χ4n) is 3.34. The summed E-state index contributed by atoms with van der Waals surface area (Å²) in [6.07, 6.45) is 1.39. The van der Waals surface area contributed by atoms with Crippen LogP contribution in [-0.4, -0.2) is 29.6 Å². The molecule has 11 nitrogen and oxygen atoms in total. The van der Waals surface area contributed by atoms with Crippen LogP contribution in [0.4, 0.5) is 5.69 Å². The van der Waals surface area contributed by atoms with Crippen LogP contribution in [0.25, 0.3) is 11.2 Å². The zero-order valence-electron chi connectivity index (χ0n) is 17.1. The number of carbonyl (C=O) groups excluding carboxylic acids is 1. The summed E-state index contributed by atoms with van der Waals surface area (Å²) in [6.45, 7) is 0.0810. The van der Waals surface area contributed by atoms with E-state index in [0.717, 1.165) is 4.57 Å². The molecule has 0 aliphatic heterocycles. The molecule has 2 aromatic heterocycles.